The van der Waals surface area contributed by atoms with Gasteiger partial charge in [0.15, 0.2) is 0 Å². The number of benzene rings is 1. The first-order valence-corrected chi connectivity index (χ1v) is 5.33. The van der Waals surface area contributed by atoms with Crippen molar-refractivity contribution < 1.29 is 15.0 Å². The monoisotopic (exact) mass is 238 g/mol. The molecular weight excluding hydrogens is 220 g/mol. The number of hydrogen-bond donors (Lipinski definition) is 4. The van der Waals surface area contributed by atoms with E-state index in [0.29, 0.717) is 12.1 Å². The fourth-order valence-corrected chi connectivity index (χ4v) is 1.16. The van der Waals surface area contributed by atoms with E-state index in [9.17, 15) is 9.90 Å². The van der Waals surface area contributed by atoms with Gasteiger partial charge in [0.1, 0.15) is 5.75 Å². The summed E-state index contributed by atoms with van der Waals surface area (Å²) in [5.41, 5.74) is 5.64. The second-order valence-corrected chi connectivity index (χ2v) is 4.78. The van der Waals surface area contributed by atoms with Crippen molar-refractivity contribution in [2.45, 2.75) is 13.8 Å². The average molecular weight is 238 g/mol. The van der Waals surface area contributed by atoms with E-state index in [0.717, 1.165) is 0 Å². The number of phenolic OH excluding ortho intramolecular Hbond substituents is 1. The molecule has 1 amide bonds. The van der Waals surface area contributed by atoms with Gasteiger partial charge in [-0.05, 0) is 18.2 Å². The molecule has 0 aliphatic heterocycles. The summed E-state index contributed by atoms with van der Waals surface area (Å²) in [5.74, 6) is -0.416. The van der Waals surface area contributed by atoms with E-state index in [2.05, 4.69) is 5.32 Å². The molecule has 5 N–H and O–H groups in total. The Balaban J connectivity index is 2.68. The summed E-state index contributed by atoms with van der Waals surface area (Å²) >= 11 is 0. The van der Waals surface area contributed by atoms with Gasteiger partial charge in [-0.2, -0.15) is 0 Å². The van der Waals surface area contributed by atoms with Crippen molar-refractivity contribution in [3.63, 3.8) is 0 Å². The number of nitrogen functional groups attached to an aromatic ring is 1. The van der Waals surface area contributed by atoms with Gasteiger partial charge >= 0.3 is 0 Å². The fraction of sp³-hybridized carbons (Fsp3) is 0.417. The molecule has 0 aromatic heterocycles. The molecule has 0 saturated heterocycles. The lowest BCUT2D eigenvalue weighted by Crippen LogP contribution is -2.36. The van der Waals surface area contributed by atoms with E-state index in [-0.39, 0.29) is 29.4 Å². The molecule has 0 atom stereocenters. The third-order valence-electron chi connectivity index (χ3n) is 2.45. The predicted molar refractivity (Wildman–Crippen MR) is 65.7 cm³/mol. The van der Waals surface area contributed by atoms with E-state index in [1.807, 2.05) is 13.8 Å². The van der Waals surface area contributed by atoms with Crippen LogP contribution < -0.4 is 11.1 Å². The third kappa shape index (κ3) is 3.64. The lowest BCUT2D eigenvalue weighted by molar-refractivity contribution is 0.0910. The molecule has 0 fully saturated rings. The molecule has 0 spiro atoms. The van der Waals surface area contributed by atoms with Crippen molar-refractivity contribution in [2.75, 3.05) is 18.9 Å². The number of hydrogen-bond acceptors (Lipinski definition) is 4. The Labute approximate surface area is 100 Å². The normalized spacial score (nSPS) is 11.2. The Kier molecular flexibility index (Phi) is 3.96. The Morgan fingerprint density at radius 2 is 2.12 bits per heavy atom. The molecule has 1 aromatic rings. The maximum atomic E-state index is 11.7. The van der Waals surface area contributed by atoms with Gasteiger partial charge in [0.05, 0.1) is 5.69 Å². The van der Waals surface area contributed by atoms with Crippen LogP contribution in [0.5, 0.6) is 5.75 Å². The van der Waals surface area contributed by atoms with Crippen LogP contribution in [0.4, 0.5) is 5.69 Å². The van der Waals surface area contributed by atoms with Crippen molar-refractivity contribution in [1.29, 1.82) is 0 Å². The summed E-state index contributed by atoms with van der Waals surface area (Å²) < 4.78 is 0. The van der Waals surface area contributed by atoms with Gasteiger partial charge in [-0.1, -0.05) is 13.8 Å². The molecule has 5 nitrogen and oxygen atoms in total. The highest BCUT2D eigenvalue weighted by molar-refractivity contribution is 5.95. The summed E-state index contributed by atoms with van der Waals surface area (Å²) in [5, 5.41) is 21.1. The molecule has 1 rings (SSSR count). The molecule has 0 aliphatic carbocycles. The molecule has 17 heavy (non-hydrogen) atoms. The summed E-state index contributed by atoms with van der Waals surface area (Å²) in [4.78, 5) is 11.7. The lowest BCUT2D eigenvalue weighted by atomic mass is 9.95. The SMILES string of the molecule is CC(C)(CO)CNC(=O)c1ccc(N)c(O)c1. The minimum absolute atomic E-state index is 0.0136. The molecule has 0 radical (unpaired) electrons. The second kappa shape index (κ2) is 5.05. The van der Waals surface area contributed by atoms with Crippen molar-refractivity contribution in [1.82, 2.24) is 5.32 Å². The zero-order valence-electron chi connectivity index (χ0n) is 10.0. The summed E-state index contributed by atoms with van der Waals surface area (Å²) in [6.07, 6.45) is 0. The molecular formula is C12H18N2O3. The van der Waals surface area contributed by atoms with Crippen molar-refractivity contribution in [3.05, 3.63) is 23.8 Å². The Hall–Kier alpha value is -1.75. The van der Waals surface area contributed by atoms with Gasteiger partial charge in [-0.25, -0.2) is 0 Å². The maximum absolute atomic E-state index is 11.7. The lowest BCUT2D eigenvalue weighted by Gasteiger charge is -2.21. The number of amides is 1. The van der Waals surface area contributed by atoms with E-state index >= 15 is 0 Å². The summed E-state index contributed by atoms with van der Waals surface area (Å²) in [6.45, 7) is 4.02. The average Bonchev–Trinajstić information content (AvgIpc) is 2.30. The topological polar surface area (TPSA) is 95.6 Å². The zero-order chi connectivity index (χ0) is 13.1. The number of nitrogens with two attached hydrogens (primary N) is 1. The van der Waals surface area contributed by atoms with Crippen LogP contribution in [0.1, 0.15) is 24.2 Å². The van der Waals surface area contributed by atoms with Crippen molar-refractivity contribution in [2.24, 2.45) is 5.41 Å². The smallest absolute Gasteiger partial charge is 0.251 e. The molecule has 0 unspecified atom stereocenters. The van der Waals surface area contributed by atoms with Crippen LogP contribution in [0, 0.1) is 5.41 Å². The highest BCUT2D eigenvalue weighted by Crippen LogP contribution is 2.20. The van der Waals surface area contributed by atoms with E-state index in [1.165, 1.54) is 18.2 Å². The number of aliphatic hydroxyl groups is 1. The minimum atomic E-state index is -0.370. The van der Waals surface area contributed by atoms with Crippen LogP contribution in [-0.4, -0.2) is 29.3 Å². The molecule has 5 heteroatoms. The molecule has 94 valence electrons. The molecule has 0 aliphatic rings. The summed E-state index contributed by atoms with van der Waals surface area (Å²) in [7, 11) is 0. The van der Waals surface area contributed by atoms with Gasteiger partial charge in [0.2, 0.25) is 0 Å². The number of phenols is 1. The Morgan fingerprint density at radius 1 is 1.47 bits per heavy atom. The van der Waals surface area contributed by atoms with Crippen LogP contribution in [0.2, 0.25) is 0 Å². The molecule has 0 saturated carbocycles. The maximum Gasteiger partial charge on any atom is 0.251 e. The van der Waals surface area contributed by atoms with E-state index in [4.69, 9.17) is 10.8 Å². The van der Waals surface area contributed by atoms with E-state index in [1.54, 1.807) is 0 Å². The number of anilines is 1. The van der Waals surface area contributed by atoms with Crippen LogP contribution in [0.25, 0.3) is 0 Å². The third-order valence-corrected chi connectivity index (χ3v) is 2.45. The van der Waals surface area contributed by atoms with Gasteiger partial charge < -0.3 is 21.3 Å². The van der Waals surface area contributed by atoms with Crippen LogP contribution in [0.3, 0.4) is 0 Å². The number of aromatic hydroxyl groups is 1. The standard InChI is InChI=1S/C12H18N2O3/c1-12(2,7-15)6-14-11(17)8-3-4-9(13)10(16)5-8/h3-5,15-16H,6-7,13H2,1-2H3,(H,14,17). The Morgan fingerprint density at radius 3 is 2.65 bits per heavy atom. The second-order valence-electron chi connectivity index (χ2n) is 4.78. The molecule has 1 aromatic carbocycles. The van der Waals surface area contributed by atoms with Gasteiger partial charge in [-0.3, -0.25) is 4.79 Å². The highest BCUT2D eigenvalue weighted by atomic mass is 16.3. The number of carbonyl (C=O) groups excluding carboxylic acids is 1. The minimum Gasteiger partial charge on any atom is -0.506 e. The largest absolute Gasteiger partial charge is 0.506 e. The predicted octanol–water partition coefficient (Wildman–Crippen LogP) is 0.723. The zero-order valence-corrected chi connectivity index (χ0v) is 10.0. The van der Waals surface area contributed by atoms with Gasteiger partial charge in [0, 0.05) is 24.1 Å². The van der Waals surface area contributed by atoms with Gasteiger partial charge in [-0.15, -0.1) is 0 Å². The number of nitrogens with one attached hydrogen (secondary N) is 1. The first kappa shape index (κ1) is 13.3. The van der Waals surface area contributed by atoms with Crippen LogP contribution in [-0.2, 0) is 0 Å². The molecule has 0 bridgehead atoms. The molecule has 0 heterocycles. The van der Waals surface area contributed by atoms with Crippen molar-refractivity contribution >= 4 is 11.6 Å². The fourth-order valence-electron chi connectivity index (χ4n) is 1.16. The summed E-state index contributed by atoms with van der Waals surface area (Å²) in [6, 6.07) is 4.33. The van der Waals surface area contributed by atoms with Crippen LogP contribution >= 0.6 is 0 Å². The number of rotatable bonds is 4. The highest BCUT2D eigenvalue weighted by Gasteiger charge is 2.18. The van der Waals surface area contributed by atoms with E-state index < -0.39 is 0 Å². The van der Waals surface area contributed by atoms with Crippen LogP contribution in [0.15, 0.2) is 18.2 Å². The number of aliphatic hydroxyl groups excluding tert-OH is 1. The number of carbonyl (C=O) groups is 1. The first-order chi connectivity index (χ1) is 7.85. The van der Waals surface area contributed by atoms with Gasteiger partial charge in [0.25, 0.3) is 5.91 Å². The van der Waals surface area contributed by atoms with Crippen molar-refractivity contribution in [3.8, 4) is 5.75 Å². The first-order valence-electron chi connectivity index (χ1n) is 5.33. The quantitative estimate of drug-likeness (QED) is 0.459. The Bertz CT molecular complexity index is 416.